The van der Waals surface area contributed by atoms with Crippen LogP contribution in [0.25, 0.3) is 0 Å². The summed E-state index contributed by atoms with van der Waals surface area (Å²) in [5.74, 6) is -41.0. The Bertz CT molecular complexity index is 1660. The van der Waals surface area contributed by atoms with E-state index >= 15 is 0 Å². The standard InChI is InChI=1S/C28H22F28O8/c1-10(2)13(57)59-8-11-4-6-12(7-5-11)9-60-14(58)16(30,21(37,38)39)61-26(51,52)17(31,22(40,41)42)63-28(55,56)19(33,24(46,47)48)64-27(53,54)18(32,23(43,44)45)62-25(49,50)15(3,29)20(34,35)36/h11-12H,1,4-9H2,2-3H3. The number of alkyl halides is 28. The van der Waals surface area contributed by atoms with Crippen LogP contribution in [0, 0.1) is 11.8 Å². The number of hydrogen-bond donors (Lipinski definition) is 0. The molecule has 0 amide bonds. The van der Waals surface area contributed by atoms with Crippen molar-refractivity contribution >= 4 is 11.9 Å². The van der Waals surface area contributed by atoms with Crippen LogP contribution < -0.4 is 0 Å². The molecule has 0 aromatic carbocycles. The van der Waals surface area contributed by atoms with Crippen molar-refractivity contribution in [2.45, 2.75) is 124 Å². The molecule has 0 saturated heterocycles. The molecule has 0 N–H and O–H groups in total. The number of halogens is 28. The van der Waals surface area contributed by atoms with Crippen molar-refractivity contribution in [2.24, 2.45) is 11.8 Å². The molecule has 378 valence electrons. The third-order valence-corrected chi connectivity index (χ3v) is 8.21. The molecule has 1 aliphatic carbocycles. The fraction of sp³-hybridized carbons (Fsp3) is 0.857. The van der Waals surface area contributed by atoms with Gasteiger partial charge in [0.1, 0.15) is 0 Å². The second-order valence-electron chi connectivity index (χ2n) is 13.2. The van der Waals surface area contributed by atoms with Crippen LogP contribution in [0.4, 0.5) is 123 Å². The Balaban J connectivity index is 3.75. The van der Waals surface area contributed by atoms with Crippen LogP contribution >= 0.6 is 0 Å². The molecule has 0 bridgehead atoms. The lowest BCUT2D eigenvalue weighted by atomic mass is 9.83. The van der Waals surface area contributed by atoms with E-state index in [0.29, 0.717) is 0 Å². The van der Waals surface area contributed by atoms with Gasteiger partial charge in [-0.1, -0.05) is 6.58 Å². The first kappa shape index (κ1) is 58.6. The van der Waals surface area contributed by atoms with E-state index in [4.69, 9.17) is 4.74 Å². The minimum absolute atomic E-state index is 0.0854. The Hall–Kier alpha value is -3.44. The maximum absolute atomic E-state index is 14.9. The smallest absolute Gasteiger partial charge is 0.460 e. The summed E-state index contributed by atoms with van der Waals surface area (Å²) in [6, 6.07) is 0. The highest BCUT2D eigenvalue weighted by atomic mass is 19.4. The highest BCUT2D eigenvalue weighted by Gasteiger charge is 2.90. The van der Waals surface area contributed by atoms with E-state index in [9.17, 15) is 133 Å². The molecule has 5 unspecified atom stereocenters. The first-order valence-electron chi connectivity index (χ1n) is 15.9. The van der Waals surface area contributed by atoms with E-state index in [1.54, 1.807) is 4.74 Å². The number of esters is 2. The van der Waals surface area contributed by atoms with Crippen LogP contribution in [-0.2, 0) is 38.0 Å². The summed E-state index contributed by atoms with van der Waals surface area (Å²) in [6.07, 6.45) is -76.7. The van der Waals surface area contributed by atoms with Crippen molar-refractivity contribution < 1.29 is 161 Å². The highest BCUT2D eigenvalue weighted by Crippen LogP contribution is 2.61. The van der Waals surface area contributed by atoms with Gasteiger partial charge in [0.15, 0.2) is 0 Å². The van der Waals surface area contributed by atoms with Gasteiger partial charge in [0, 0.05) is 5.57 Å². The van der Waals surface area contributed by atoms with Gasteiger partial charge < -0.3 is 9.47 Å². The number of carbonyl (C=O) groups excluding carboxylic acids is 2. The fourth-order valence-electron chi connectivity index (χ4n) is 4.39. The molecule has 0 aromatic rings. The molecule has 36 heteroatoms. The lowest BCUT2D eigenvalue weighted by Crippen LogP contribution is -2.72. The van der Waals surface area contributed by atoms with Crippen LogP contribution in [0.15, 0.2) is 12.2 Å². The van der Waals surface area contributed by atoms with Crippen LogP contribution in [-0.4, -0.2) is 110 Å². The van der Waals surface area contributed by atoms with Gasteiger partial charge in [-0.05, 0) is 51.4 Å². The van der Waals surface area contributed by atoms with Crippen LogP contribution in [0.2, 0.25) is 0 Å². The monoisotopic (exact) mass is 1020 g/mol. The van der Waals surface area contributed by atoms with Crippen molar-refractivity contribution in [3.63, 3.8) is 0 Å². The normalized spacial score (nSPS) is 22.8. The molecule has 1 fully saturated rings. The van der Waals surface area contributed by atoms with Gasteiger partial charge in [0.25, 0.3) is 5.67 Å². The first-order chi connectivity index (χ1) is 27.8. The fourth-order valence-corrected chi connectivity index (χ4v) is 4.39. The maximum atomic E-state index is 14.9. The predicted octanol–water partition coefficient (Wildman–Crippen LogP) is 11.1. The molecule has 1 saturated carbocycles. The van der Waals surface area contributed by atoms with Gasteiger partial charge in [-0.25, -0.2) is 14.0 Å². The van der Waals surface area contributed by atoms with Crippen LogP contribution in [0.5, 0.6) is 0 Å². The molecule has 0 aliphatic heterocycles. The molecular weight excluding hydrogens is 996 g/mol. The summed E-state index contributed by atoms with van der Waals surface area (Å²) in [5.41, 5.74) is -7.02. The zero-order valence-corrected chi connectivity index (χ0v) is 30.5. The molecule has 5 atom stereocenters. The van der Waals surface area contributed by atoms with E-state index in [0.717, 1.165) is 9.47 Å². The van der Waals surface area contributed by atoms with Crippen molar-refractivity contribution in [1.82, 2.24) is 0 Å². The topological polar surface area (TPSA) is 89.5 Å². The zero-order valence-electron chi connectivity index (χ0n) is 30.5. The minimum Gasteiger partial charge on any atom is -0.462 e. The lowest BCUT2D eigenvalue weighted by molar-refractivity contribution is -0.590. The van der Waals surface area contributed by atoms with E-state index in [-0.39, 0.29) is 37.9 Å². The Morgan fingerprint density at radius 3 is 0.984 bits per heavy atom. The van der Waals surface area contributed by atoms with Crippen LogP contribution in [0.1, 0.15) is 39.5 Å². The Morgan fingerprint density at radius 1 is 0.438 bits per heavy atom. The Kier molecular flexibility index (Phi) is 16.2. The number of hydrogen-bond acceptors (Lipinski definition) is 8. The summed E-state index contributed by atoms with van der Waals surface area (Å²) in [5, 5.41) is 0. The molecule has 0 spiro atoms. The molecule has 0 radical (unpaired) electrons. The van der Waals surface area contributed by atoms with Crippen molar-refractivity contribution in [3.8, 4) is 0 Å². The summed E-state index contributed by atoms with van der Waals surface area (Å²) in [6.45, 7) is 0.836. The molecule has 64 heavy (non-hydrogen) atoms. The van der Waals surface area contributed by atoms with E-state index in [1.165, 1.54) is 11.7 Å². The highest BCUT2D eigenvalue weighted by molar-refractivity contribution is 5.86. The number of ether oxygens (including phenoxy) is 6. The molecule has 1 rings (SSSR count). The predicted molar refractivity (Wildman–Crippen MR) is 141 cm³/mol. The first-order valence-corrected chi connectivity index (χ1v) is 15.9. The molecule has 1 aliphatic rings. The quantitative estimate of drug-likeness (QED) is 0.0762. The largest absolute Gasteiger partial charge is 0.462 e. The third-order valence-electron chi connectivity index (χ3n) is 8.21. The summed E-state index contributed by atoms with van der Waals surface area (Å²) in [7, 11) is 0. The minimum atomic E-state index is -9.19. The second kappa shape index (κ2) is 17.7. The second-order valence-corrected chi connectivity index (χ2v) is 13.2. The molecular formula is C28H22F28O8. The third kappa shape index (κ3) is 11.2. The van der Waals surface area contributed by atoms with Gasteiger partial charge >= 0.3 is 90.7 Å². The van der Waals surface area contributed by atoms with Gasteiger partial charge in [0.05, 0.1) is 13.2 Å². The number of rotatable bonds is 18. The zero-order chi connectivity index (χ0) is 51.4. The van der Waals surface area contributed by atoms with Crippen molar-refractivity contribution in [3.05, 3.63) is 12.2 Å². The molecule has 8 nitrogen and oxygen atoms in total. The Morgan fingerprint density at radius 2 is 0.719 bits per heavy atom. The molecule has 0 aromatic heterocycles. The Labute approximate surface area is 335 Å². The molecule has 0 heterocycles. The van der Waals surface area contributed by atoms with Gasteiger partial charge in [-0.3, -0.25) is 18.9 Å². The average Bonchev–Trinajstić information content (AvgIpc) is 3.06. The lowest BCUT2D eigenvalue weighted by Gasteiger charge is -2.44. The van der Waals surface area contributed by atoms with Gasteiger partial charge in [0.2, 0.25) is 0 Å². The average molecular weight is 1020 g/mol. The number of carbonyl (C=O) groups is 2. The van der Waals surface area contributed by atoms with Crippen LogP contribution in [0.3, 0.4) is 0 Å². The van der Waals surface area contributed by atoms with Crippen molar-refractivity contribution in [2.75, 3.05) is 13.2 Å². The van der Waals surface area contributed by atoms with E-state index in [1.807, 2.05) is 0 Å². The summed E-state index contributed by atoms with van der Waals surface area (Å²) < 4.78 is 401. The van der Waals surface area contributed by atoms with Gasteiger partial charge in [-0.2, -0.15) is 119 Å². The SMILES string of the molecule is C=C(C)C(=O)OCC1CCC(COC(=O)C(F)(OC(F)(F)C(F)(OC(F)(F)C(F)(OC(F)(F)C(F)(OC(F)(F)C(C)(F)C(F)(F)F)C(F)(F)F)C(F)(F)F)C(F)(F)F)C(F)(F)F)CC1. The van der Waals surface area contributed by atoms with Gasteiger partial charge in [-0.15, -0.1) is 0 Å². The summed E-state index contributed by atoms with van der Waals surface area (Å²) in [4.78, 5) is 23.5. The van der Waals surface area contributed by atoms with E-state index < -0.39 is 122 Å². The maximum Gasteiger partial charge on any atom is 0.460 e. The van der Waals surface area contributed by atoms with E-state index in [2.05, 4.69) is 11.3 Å². The summed E-state index contributed by atoms with van der Waals surface area (Å²) >= 11 is 0. The van der Waals surface area contributed by atoms with Crippen molar-refractivity contribution in [1.29, 1.82) is 0 Å².